The molecule has 0 fully saturated rings. The fourth-order valence-corrected chi connectivity index (χ4v) is 2.52. The third-order valence-corrected chi connectivity index (χ3v) is 4.11. The summed E-state index contributed by atoms with van der Waals surface area (Å²) in [5.41, 5.74) is 1.67. The van der Waals surface area contributed by atoms with Gasteiger partial charge in [-0.25, -0.2) is 0 Å². The van der Waals surface area contributed by atoms with Crippen LogP contribution in [0.3, 0.4) is 0 Å². The van der Waals surface area contributed by atoms with Crippen LogP contribution in [0.5, 0.6) is 11.5 Å². The highest BCUT2D eigenvalue weighted by Crippen LogP contribution is 2.15. The first-order valence-corrected chi connectivity index (χ1v) is 8.90. The predicted molar refractivity (Wildman–Crippen MR) is 105 cm³/mol. The van der Waals surface area contributed by atoms with Crippen molar-refractivity contribution < 1.29 is 23.6 Å². The monoisotopic (exact) mass is 395 g/mol. The predicted octanol–water partition coefficient (Wildman–Crippen LogP) is 2.55. The molecule has 0 unspecified atom stereocenters. The Morgan fingerprint density at radius 1 is 0.966 bits per heavy atom. The van der Waals surface area contributed by atoms with Crippen LogP contribution in [0.25, 0.3) is 0 Å². The van der Waals surface area contributed by atoms with Gasteiger partial charge < -0.3 is 24.6 Å². The van der Waals surface area contributed by atoms with Gasteiger partial charge in [-0.15, -0.1) is 0 Å². The molecule has 0 aliphatic carbocycles. The highest BCUT2D eigenvalue weighted by atomic mass is 16.5. The molecule has 1 aromatic heterocycles. The number of aromatic nitrogens is 1. The third kappa shape index (κ3) is 5.35. The number of nitrogens with one attached hydrogen (secondary N) is 2. The fraction of sp³-hybridized carbons (Fsp3) is 0.190. The van der Waals surface area contributed by atoms with Gasteiger partial charge in [0, 0.05) is 24.2 Å². The van der Waals surface area contributed by atoms with E-state index in [1.165, 1.54) is 0 Å². The zero-order chi connectivity index (χ0) is 20.6. The molecule has 1 heterocycles. The Bertz CT molecular complexity index is 965. The Kier molecular flexibility index (Phi) is 6.47. The van der Waals surface area contributed by atoms with Crippen molar-refractivity contribution in [3.8, 4) is 11.5 Å². The van der Waals surface area contributed by atoms with Crippen molar-refractivity contribution >= 4 is 11.8 Å². The van der Waals surface area contributed by atoms with Crippen molar-refractivity contribution in [2.75, 3.05) is 14.2 Å². The largest absolute Gasteiger partial charge is 0.497 e. The molecule has 0 radical (unpaired) electrons. The lowest BCUT2D eigenvalue weighted by Gasteiger charge is -2.05. The smallest absolute Gasteiger partial charge is 0.251 e. The lowest BCUT2D eigenvalue weighted by molar-refractivity contribution is 0.0943. The number of nitrogens with zero attached hydrogens (tertiary/aromatic N) is 1. The van der Waals surface area contributed by atoms with Crippen molar-refractivity contribution in [1.29, 1.82) is 0 Å². The van der Waals surface area contributed by atoms with E-state index in [0.717, 1.165) is 0 Å². The number of rotatable bonds is 8. The average Bonchev–Trinajstić information content (AvgIpc) is 3.23. The summed E-state index contributed by atoms with van der Waals surface area (Å²) in [5.74, 6) is 1.42. The molecule has 150 valence electrons. The van der Waals surface area contributed by atoms with Crippen LogP contribution in [0.15, 0.2) is 59.1 Å². The Balaban J connectivity index is 1.48. The van der Waals surface area contributed by atoms with Crippen molar-refractivity contribution in [3.05, 3.63) is 77.2 Å². The fourth-order valence-electron chi connectivity index (χ4n) is 2.52. The number of methoxy groups -OCH3 is 1. The Morgan fingerprint density at radius 2 is 1.59 bits per heavy atom. The lowest BCUT2D eigenvalue weighted by Crippen LogP contribution is -2.22. The number of hydrogen-bond donors (Lipinski definition) is 2. The van der Waals surface area contributed by atoms with Gasteiger partial charge in [0.25, 0.3) is 11.8 Å². The molecule has 0 aliphatic heterocycles. The second kappa shape index (κ2) is 9.41. The zero-order valence-electron chi connectivity index (χ0n) is 16.1. The van der Waals surface area contributed by atoms with E-state index in [4.69, 9.17) is 14.0 Å². The average molecular weight is 395 g/mol. The topological polar surface area (TPSA) is 103 Å². The number of carbonyl (C=O) groups excluding carboxylic acids is 2. The first kappa shape index (κ1) is 19.9. The SMILES string of the molecule is CNC(=O)c1ccc(OCc2cc(CNC(=O)c3ccc(OC)cc3)on2)cc1. The molecule has 8 heteroatoms. The van der Waals surface area contributed by atoms with E-state index in [0.29, 0.717) is 34.1 Å². The maximum absolute atomic E-state index is 12.2. The van der Waals surface area contributed by atoms with E-state index in [2.05, 4.69) is 15.8 Å². The van der Waals surface area contributed by atoms with Crippen molar-refractivity contribution in [2.45, 2.75) is 13.2 Å². The van der Waals surface area contributed by atoms with E-state index < -0.39 is 0 Å². The van der Waals surface area contributed by atoms with E-state index in [9.17, 15) is 9.59 Å². The molecule has 0 atom stereocenters. The quantitative estimate of drug-likeness (QED) is 0.608. The van der Waals surface area contributed by atoms with Crippen LogP contribution < -0.4 is 20.1 Å². The molecular weight excluding hydrogens is 374 g/mol. The molecule has 0 spiro atoms. The number of hydrogen-bond acceptors (Lipinski definition) is 6. The first-order chi connectivity index (χ1) is 14.1. The number of amides is 2. The molecule has 3 aromatic rings. The Hall–Kier alpha value is -3.81. The minimum atomic E-state index is -0.224. The molecule has 29 heavy (non-hydrogen) atoms. The molecular formula is C21H21N3O5. The summed E-state index contributed by atoms with van der Waals surface area (Å²) < 4.78 is 15.9. The summed E-state index contributed by atoms with van der Waals surface area (Å²) in [6, 6.07) is 15.3. The second-order valence-corrected chi connectivity index (χ2v) is 6.09. The maximum Gasteiger partial charge on any atom is 0.251 e. The van der Waals surface area contributed by atoms with Crippen LogP contribution >= 0.6 is 0 Å². The summed E-state index contributed by atoms with van der Waals surface area (Å²) in [7, 11) is 3.15. The van der Waals surface area contributed by atoms with Gasteiger partial charge in [-0.3, -0.25) is 9.59 Å². The van der Waals surface area contributed by atoms with E-state index in [-0.39, 0.29) is 25.0 Å². The molecule has 0 bridgehead atoms. The van der Waals surface area contributed by atoms with Crippen LogP contribution in [0, 0.1) is 0 Å². The van der Waals surface area contributed by atoms with Gasteiger partial charge >= 0.3 is 0 Å². The van der Waals surface area contributed by atoms with E-state index in [1.807, 2.05) is 0 Å². The Morgan fingerprint density at radius 3 is 2.21 bits per heavy atom. The summed E-state index contributed by atoms with van der Waals surface area (Å²) >= 11 is 0. The summed E-state index contributed by atoms with van der Waals surface area (Å²) in [4.78, 5) is 23.7. The number of ether oxygens (including phenoxy) is 2. The number of benzene rings is 2. The van der Waals surface area contributed by atoms with Gasteiger partial charge in [-0.1, -0.05) is 5.16 Å². The van der Waals surface area contributed by atoms with Gasteiger partial charge in [0.1, 0.15) is 23.8 Å². The molecule has 0 aliphatic rings. The van der Waals surface area contributed by atoms with E-state index >= 15 is 0 Å². The van der Waals surface area contributed by atoms with Crippen LogP contribution in [0.4, 0.5) is 0 Å². The molecule has 3 rings (SSSR count). The molecule has 0 saturated carbocycles. The standard InChI is InChI=1S/C21H21N3O5/c1-22-20(25)14-5-9-18(10-6-14)28-13-16-11-19(29-24-16)12-23-21(26)15-3-7-17(27-2)8-4-15/h3-11H,12-13H2,1-2H3,(H,22,25)(H,23,26). The van der Waals surface area contributed by atoms with Crippen molar-refractivity contribution in [2.24, 2.45) is 0 Å². The second-order valence-electron chi connectivity index (χ2n) is 6.09. The van der Waals surface area contributed by atoms with E-state index in [1.54, 1.807) is 68.8 Å². The first-order valence-electron chi connectivity index (χ1n) is 8.90. The van der Waals surface area contributed by atoms with Gasteiger partial charge in [0.05, 0.1) is 13.7 Å². The normalized spacial score (nSPS) is 10.3. The van der Waals surface area contributed by atoms with Gasteiger partial charge in [-0.2, -0.15) is 0 Å². The lowest BCUT2D eigenvalue weighted by atomic mass is 10.2. The van der Waals surface area contributed by atoms with Crippen LogP contribution in [-0.2, 0) is 13.2 Å². The molecule has 0 saturated heterocycles. The highest BCUT2D eigenvalue weighted by molar-refractivity contribution is 5.94. The minimum Gasteiger partial charge on any atom is -0.497 e. The molecule has 8 nitrogen and oxygen atoms in total. The Labute approximate surface area is 167 Å². The van der Waals surface area contributed by atoms with Crippen molar-refractivity contribution in [3.63, 3.8) is 0 Å². The van der Waals surface area contributed by atoms with Gasteiger partial charge in [0.15, 0.2) is 5.76 Å². The van der Waals surface area contributed by atoms with Crippen LogP contribution in [-0.4, -0.2) is 31.1 Å². The van der Waals surface area contributed by atoms with Crippen LogP contribution in [0.1, 0.15) is 32.2 Å². The summed E-state index contributed by atoms with van der Waals surface area (Å²) in [6.45, 7) is 0.411. The zero-order valence-corrected chi connectivity index (χ0v) is 16.1. The highest BCUT2D eigenvalue weighted by Gasteiger charge is 2.10. The third-order valence-electron chi connectivity index (χ3n) is 4.11. The summed E-state index contributed by atoms with van der Waals surface area (Å²) in [5, 5.41) is 9.26. The number of carbonyl (C=O) groups is 2. The molecule has 2 amide bonds. The molecule has 2 aromatic carbocycles. The van der Waals surface area contributed by atoms with Crippen LogP contribution in [0.2, 0.25) is 0 Å². The maximum atomic E-state index is 12.2. The van der Waals surface area contributed by atoms with Crippen molar-refractivity contribution in [1.82, 2.24) is 15.8 Å². The van der Waals surface area contributed by atoms with Gasteiger partial charge in [0.2, 0.25) is 0 Å². The summed E-state index contributed by atoms with van der Waals surface area (Å²) in [6.07, 6.45) is 0. The minimum absolute atomic E-state index is 0.158. The molecule has 2 N–H and O–H groups in total. The van der Waals surface area contributed by atoms with Gasteiger partial charge in [-0.05, 0) is 48.5 Å².